The van der Waals surface area contributed by atoms with E-state index in [9.17, 15) is 18.0 Å². The topological polar surface area (TPSA) is 107 Å². The Bertz CT molecular complexity index is 1180. The predicted molar refractivity (Wildman–Crippen MR) is 138 cm³/mol. The van der Waals surface area contributed by atoms with Crippen molar-refractivity contribution in [2.75, 3.05) is 0 Å². The fourth-order valence-electron chi connectivity index (χ4n) is 3.20. The molecule has 0 saturated carbocycles. The molecule has 0 aliphatic carbocycles. The molecule has 3 aromatic carbocycles. The van der Waals surface area contributed by atoms with Crippen molar-refractivity contribution >= 4 is 22.1 Å². The van der Waals surface area contributed by atoms with E-state index in [1.165, 1.54) is 43.9 Å². The lowest BCUT2D eigenvalue weighted by molar-refractivity contribution is -0.134. The molecule has 0 fully saturated rings. The number of carbonyl (C=O) groups excluding carboxylic acids is 2. The van der Waals surface area contributed by atoms with E-state index >= 15 is 0 Å². The first-order valence-electron chi connectivity index (χ1n) is 11.9. The molecule has 0 radical (unpaired) electrons. The Labute approximate surface area is 212 Å². The molecule has 0 amide bonds. The number of rotatable bonds is 11. The van der Waals surface area contributed by atoms with Crippen molar-refractivity contribution in [1.29, 1.82) is 0 Å². The minimum absolute atomic E-state index is 0.119. The van der Waals surface area contributed by atoms with Crippen LogP contribution in [-0.2, 0) is 14.9 Å². The van der Waals surface area contributed by atoms with Crippen LogP contribution in [0.15, 0.2) is 89.8 Å². The lowest BCUT2D eigenvalue weighted by Gasteiger charge is -2.07. The highest BCUT2D eigenvalue weighted by molar-refractivity contribution is 7.86. The molecule has 0 saturated heterocycles. The molecule has 192 valence electrons. The second-order valence-corrected chi connectivity index (χ2v) is 9.37. The van der Waals surface area contributed by atoms with E-state index in [1.807, 2.05) is 18.2 Å². The van der Waals surface area contributed by atoms with Crippen LogP contribution in [-0.4, -0.2) is 24.9 Å². The van der Waals surface area contributed by atoms with Gasteiger partial charge < -0.3 is 9.47 Å². The van der Waals surface area contributed by atoms with Crippen molar-refractivity contribution in [3.8, 4) is 11.5 Å². The number of ether oxygens (including phenoxy) is 2. The van der Waals surface area contributed by atoms with Crippen molar-refractivity contribution in [3.05, 3.63) is 90.5 Å². The summed E-state index contributed by atoms with van der Waals surface area (Å²) in [4.78, 5) is 22.8. The van der Waals surface area contributed by atoms with Gasteiger partial charge in [0.15, 0.2) is 5.75 Å². The van der Waals surface area contributed by atoms with Gasteiger partial charge in [-0.2, -0.15) is 8.42 Å². The van der Waals surface area contributed by atoms with Gasteiger partial charge in [-0.25, -0.2) is 4.79 Å². The van der Waals surface area contributed by atoms with Crippen molar-refractivity contribution in [2.45, 2.75) is 56.8 Å². The molecule has 0 unspecified atom stereocenters. The maximum absolute atomic E-state index is 11.8. The van der Waals surface area contributed by atoms with Gasteiger partial charge in [-0.1, -0.05) is 87.6 Å². The summed E-state index contributed by atoms with van der Waals surface area (Å²) in [6.07, 6.45) is 7.67. The minimum Gasteiger partial charge on any atom is -0.427 e. The molecule has 36 heavy (non-hydrogen) atoms. The fourth-order valence-corrected chi connectivity index (χ4v) is 3.82. The van der Waals surface area contributed by atoms with Crippen LogP contribution in [0.25, 0.3) is 0 Å². The normalized spacial score (nSPS) is 10.6. The first-order chi connectivity index (χ1) is 17.3. The van der Waals surface area contributed by atoms with Crippen LogP contribution >= 0.6 is 0 Å². The highest BCUT2D eigenvalue weighted by Crippen LogP contribution is 2.23. The quantitative estimate of drug-likeness (QED) is 0.135. The van der Waals surface area contributed by atoms with Crippen LogP contribution in [0.3, 0.4) is 0 Å². The fraction of sp³-hybridized carbons (Fsp3) is 0.286. The van der Waals surface area contributed by atoms with Gasteiger partial charge in [0.2, 0.25) is 0 Å². The highest BCUT2D eigenvalue weighted by Gasteiger charge is 2.18. The smallest absolute Gasteiger partial charge is 0.343 e. The molecule has 0 heterocycles. The van der Waals surface area contributed by atoms with E-state index in [-0.39, 0.29) is 17.3 Å². The van der Waals surface area contributed by atoms with Gasteiger partial charge in [0.05, 0.1) is 5.56 Å². The Balaban J connectivity index is 0.000000255. The Kier molecular flexibility index (Phi) is 12.4. The van der Waals surface area contributed by atoms with E-state index in [0.717, 1.165) is 18.9 Å². The largest absolute Gasteiger partial charge is 0.427 e. The molecule has 0 aliphatic heterocycles. The first-order valence-corrected chi connectivity index (χ1v) is 13.3. The molecule has 0 atom stereocenters. The minimum atomic E-state index is -4.44. The Hall–Kier alpha value is -3.49. The van der Waals surface area contributed by atoms with E-state index < -0.39 is 21.0 Å². The van der Waals surface area contributed by atoms with E-state index in [2.05, 4.69) is 6.92 Å². The summed E-state index contributed by atoms with van der Waals surface area (Å²) in [7, 11) is -4.44. The van der Waals surface area contributed by atoms with E-state index in [4.69, 9.17) is 14.0 Å². The molecule has 8 heteroatoms. The first kappa shape index (κ1) is 28.7. The predicted octanol–water partition coefficient (Wildman–Crippen LogP) is 6.50. The average molecular weight is 513 g/mol. The number of esters is 2. The summed E-state index contributed by atoms with van der Waals surface area (Å²) in [5.74, 6) is -0.384. The molecule has 0 bridgehead atoms. The molecule has 3 rings (SSSR count). The Morgan fingerprint density at radius 2 is 1.28 bits per heavy atom. The van der Waals surface area contributed by atoms with E-state index in [0.29, 0.717) is 12.2 Å². The van der Waals surface area contributed by atoms with Crippen molar-refractivity contribution in [1.82, 2.24) is 0 Å². The van der Waals surface area contributed by atoms with Crippen molar-refractivity contribution in [3.63, 3.8) is 0 Å². The number of benzene rings is 3. The van der Waals surface area contributed by atoms with E-state index in [1.54, 1.807) is 42.5 Å². The number of hydrogen-bond donors (Lipinski definition) is 1. The van der Waals surface area contributed by atoms with Crippen LogP contribution in [0.2, 0.25) is 0 Å². The maximum Gasteiger partial charge on any atom is 0.343 e. The maximum atomic E-state index is 11.8. The zero-order valence-electron chi connectivity index (χ0n) is 20.3. The van der Waals surface area contributed by atoms with Crippen LogP contribution in [0.4, 0.5) is 0 Å². The lowest BCUT2D eigenvalue weighted by Crippen LogP contribution is -2.11. The number of hydrogen-bond acceptors (Lipinski definition) is 6. The van der Waals surface area contributed by atoms with Crippen LogP contribution in [0.1, 0.15) is 62.2 Å². The molecular weight excluding hydrogens is 480 g/mol. The molecule has 3 aromatic rings. The Morgan fingerprint density at radius 3 is 1.92 bits per heavy atom. The van der Waals surface area contributed by atoms with Gasteiger partial charge >= 0.3 is 11.9 Å². The molecule has 0 aliphatic rings. The summed E-state index contributed by atoms with van der Waals surface area (Å²) in [5.41, 5.74) is 0.285. The average Bonchev–Trinajstić information content (AvgIpc) is 2.87. The highest BCUT2D eigenvalue weighted by atomic mass is 32.2. The second-order valence-electron chi connectivity index (χ2n) is 7.98. The standard InChI is InChI=1S/C15H22O2.C13H10O5S/c1-2-3-4-5-6-10-13-15(16)17-14-11-8-7-9-12-14;14-13(10-6-2-1-3-7-10)18-11-8-4-5-9-12(11)19(15,16)17/h7-9,11-12H,2-6,10,13H2,1H3;1-9H,(H,15,16,17). The van der Waals surface area contributed by atoms with Gasteiger partial charge in [-0.15, -0.1) is 0 Å². The third kappa shape index (κ3) is 10.8. The monoisotopic (exact) mass is 512 g/mol. The molecule has 0 spiro atoms. The summed E-state index contributed by atoms with van der Waals surface area (Å²) in [5, 5.41) is 0. The van der Waals surface area contributed by atoms with Gasteiger partial charge in [0.25, 0.3) is 10.1 Å². The number of unbranched alkanes of at least 4 members (excludes halogenated alkanes) is 5. The molecule has 1 N–H and O–H groups in total. The van der Waals surface area contributed by atoms with Crippen molar-refractivity contribution in [2.24, 2.45) is 0 Å². The SMILES string of the molecule is CCCCCCCCC(=O)Oc1ccccc1.O=C(Oc1ccccc1S(=O)(=O)O)c1ccccc1. The van der Waals surface area contributed by atoms with Crippen LogP contribution in [0.5, 0.6) is 11.5 Å². The third-order valence-corrected chi connectivity index (χ3v) is 5.94. The van der Waals surface area contributed by atoms with Gasteiger partial charge in [-0.3, -0.25) is 9.35 Å². The summed E-state index contributed by atoms with van der Waals surface area (Å²) < 4.78 is 41.5. The third-order valence-electron chi connectivity index (χ3n) is 5.05. The molecule has 7 nitrogen and oxygen atoms in total. The van der Waals surface area contributed by atoms with Crippen LogP contribution in [0, 0.1) is 0 Å². The summed E-state index contributed by atoms with van der Waals surface area (Å²) >= 11 is 0. The molecular formula is C28H32O7S. The zero-order chi connectivity index (χ0) is 26.2. The molecule has 0 aromatic heterocycles. The van der Waals surface area contributed by atoms with Gasteiger partial charge in [0, 0.05) is 6.42 Å². The zero-order valence-corrected chi connectivity index (χ0v) is 21.2. The van der Waals surface area contributed by atoms with Gasteiger partial charge in [0.1, 0.15) is 10.6 Å². The second kappa shape index (κ2) is 15.5. The number of para-hydroxylation sites is 2. The number of carbonyl (C=O) groups is 2. The summed E-state index contributed by atoms with van der Waals surface area (Å²) in [6.45, 7) is 2.21. The van der Waals surface area contributed by atoms with Gasteiger partial charge in [-0.05, 0) is 42.8 Å². The van der Waals surface area contributed by atoms with Crippen LogP contribution < -0.4 is 9.47 Å². The Morgan fingerprint density at radius 1 is 0.722 bits per heavy atom. The summed E-state index contributed by atoms with van der Waals surface area (Å²) in [6, 6.07) is 22.8. The lowest BCUT2D eigenvalue weighted by atomic mass is 10.1. The van der Waals surface area contributed by atoms with Crippen molar-refractivity contribution < 1.29 is 32.0 Å².